The van der Waals surface area contributed by atoms with Gasteiger partial charge in [0.15, 0.2) is 0 Å². The van der Waals surface area contributed by atoms with Gasteiger partial charge in [-0.25, -0.2) is 0 Å². The molecule has 0 radical (unpaired) electrons. The largest absolute Gasteiger partial charge is 0.394 e. The molecular formula is C13H23N3O4. The zero-order chi connectivity index (χ0) is 14.5. The van der Waals surface area contributed by atoms with Crippen molar-refractivity contribution in [3.05, 3.63) is 0 Å². The number of aliphatic hydroxyl groups excluding tert-OH is 1. The fraction of sp³-hybridized carbons (Fsp3) is 0.846. The minimum Gasteiger partial charge on any atom is -0.394 e. The molecule has 114 valence electrons. The molecule has 0 aromatic rings. The molecule has 1 atom stereocenters. The molecule has 1 saturated heterocycles. The lowest BCUT2D eigenvalue weighted by atomic mass is 10.3. The van der Waals surface area contributed by atoms with E-state index in [1.54, 1.807) is 7.05 Å². The molecule has 1 unspecified atom stereocenters. The summed E-state index contributed by atoms with van der Waals surface area (Å²) in [7, 11) is 1.64. The molecule has 1 aliphatic heterocycles. The van der Waals surface area contributed by atoms with Gasteiger partial charge in [0.2, 0.25) is 11.8 Å². The molecule has 20 heavy (non-hydrogen) atoms. The van der Waals surface area contributed by atoms with Crippen molar-refractivity contribution in [1.82, 2.24) is 15.1 Å². The summed E-state index contributed by atoms with van der Waals surface area (Å²) >= 11 is 0. The Morgan fingerprint density at radius 2 is 2.20 bits per heavy atom. The Balaban J connectivity index is 1.70. The van der Waals surface area contributed by atoms with Crippen LogP contribution >= 0.6 is 0 Å². The third-order valence-electron chi connectivity index (χ3n) is 3.53. The maximum atomic E-state index is 12.0. The van der Waals surface area contributed by atoms with Gasteiger partial charge in [-0.15, -0.1) is 0 Å². The van der Waals surface area contributed by atoms with Crippen molar-refractivity contribution < 1.29 is 19.4 Å². The van der Waals surface area contributed by atoms with E-state index >= 15 is 0 Å². The van der Waals surface area contributed by atoms with Crippen molar-refractivity contribution in [3.63, 3.8) is 0 Å². The summed E-state index contributed by atoms with van der Waals surface area (Å²) in [5.41, 5.74) is 0. The van der Waals surface area contributed by atoms with Crippen LogP contribution in [0.1, 0.15) is 12.8 Å². The maximum Gasteiger partial charge on any atom is 0.239 e. The SMILES string of the molecule is CN(CC(=O)NC1CC1)C(=O)CN1CCOC(CO)C1. The van der Waals surface area contributed by atoms with Crippen LogP contribution in [0.2, 0.25) is 0 Å². The van der Waals surface area contributed by atoms with Crippen molar-refractivity contribution in [3.8, 4) is 0 Å². The van der Waals surface area contributed by atoms with E-state index < -0.39 is 0 Å². The fourth-order valence-corrected chi connectivity index (χ4v) is 2.15. The Morgan fingerprint density at radius 1 is 1.45 bits per heavy atom. The van der Waals surface area contributed by atoms with Gasteiger partial charge in [-0.1, -0.05) is 0 Å². The van der Waals surface area contributed by atoms with E-state index in [-0.39, 0.29) is 37.6 Å². The smallest absolute Gasteiger partial charge is 0.239 e. The lowest BCUT2D eigenvalue weighted by Gasteiger charge is -2.32. The van der Waals surface area contributed by atoms with Gasteiger partial charge in [-0.3, -0.25) is 14.5 Å². The van der Waals surface area contributed by atoms with Crippen LogP contribution in [0.4, 0.5) is 0 Å². The van der Waals surface area contributed by atoms with Gasteiger partial charge in [-0.2, -0.15) is 0 Å². The van der Waals surface area contributed by atoms with Gasteiger partial charge in [0.1, 0.15) is 0 Å². The van der Waals surface area contributed by atoms with Crippen molar-refractivity contribution >= 4 is 11.8 Å². The Morgan fingerprint density at radius 3 is 2.85 bits per heavy atom. The summed E-state index contributed by atoms with van der Waals surface area (Å²) in [4.78, 5) is 27.1. The predicted molar refractivity (Wildman–Crippen MR) is 72.1 cm³/mol. The summed E-state index contributed by atoms with van der Waals surface area (Å²) < 4.78 is 5.33. The quantitative estimate of drug-likeness (QED) is 0.615. The van der Waals surface area contributed by atoms with E-state index in [0.717, 1.165) is 12.8 Å². The zero-order valence-electron chi connectivity index (χ0n) is 11.9. The summed E-state index contributed by atoms with van der Waals surface area (Å²) in [5, 5.41) is 11.9. The van der Waals surface area contributed by atoms with Gasteiger partial charge < -0.3 is 20.1 Å². The van der Waals surface area contributed by atoms with E-state index in [4.69, 9.17) is 9.84 Å². The van der Waals surface area contributed by atoms with Crippen LogP contribution in [-0.4, -0.2) is 85.3 Å². The molecule has 7 nitrogen and oxygen atoms in total. The first-order valence-electron chi connectivity index (χ1n) is 7.06. The molecule has 7 heteroatoms. The second-order valence-corrected chi connectivity index (χ2v) is 5.50. The first-order valence-corrected chi connectivity index (χ1v) is 7.06. The Hall–Kier alpha value is -1.18. The minimum atomic E-state index is -0.222. The number of nitrogens with zero attached hydrogens (tertiary/aromatic N) is 2. The molecule has 0 bridgehead atoms. The van der Waals surface area contributed by atoms with Crippen LogP contribution in [0, 0.1) is 0 Å². The molecule has 2 aliphatic rings. The molecule has 2 amide bonds. The summed E-state index contributed by atoms with van der Waals surface area (Å²) in [5.74, 6) is -0.187. The van der Waals surface area contributed by atoms with E-state index in [2.05, 4.69) is 5.32 Å². The van der Waals surface area contributed by atoms with Crippen molar-refractivity contribution in [2.45, 2.75) is 25.0 Å². The number of carbonyl (C=O) groups excluding carboxylic acids is 2. The van der Waals surface area contributed by atoms with Crippen molar-refractivity contribution in [2.75, 3.05) is 46.4 Å². The minimum absolute atomic E-state index is 0.0374. The molecule has 1 saturated carbocycles. The zero-order valence-corrected chi connectivity index (χ0v) is 11.9. The molecule has 0 spiro atoms. The highest BCUT2D eigenvalue weighted by molar-refractivity contribution is 5.85. The summed E-state index contributed by atoms with van der Waals surface area (Å²) in [6.45, 7) is 2.06. The summed E-state index contributed by atoms with van der Waals surface area (Å²) in [6, 6.07) is 0.315. The molecule has 1 aliphatic carbocycles. The average molecular weight is 285 g/mol. The van der Waals surface area contributed by atoms with Crippen molar-refractivity contribution in [2.24, 2.45) is 0 Å². The highest BCUT2D eigenvalue weighted by atomic mass is 16.5. The number of hydrogen-bond donors (Lipinski definition) is 2. The van der Waals surface area contributed by atoms with Gasteiger partial charge in [-0.05, 0) is 12.8 Å². The van der Waals surface area contributed by atoms with E-state index in [9.17, 15) is 9.59 Å². The van der Waals surface area contributed by atoms with E-state index in [1.807, 2.05) is 4.90 Å². The first-order chi connectivity index (χ1) is 9.58. The van der Waals surface area contributed by atoms with Crippen LogP contribution in [0.3, 0.4) is 0 Å². The Bertz CT molecular complexity index is 360. The highest BCUT2D eigenvalue weighted by Crippen LogP contribution is 2.18. The average Bonchev–Trinajstić information content (AvgIpc) is 3.22. The standard InChI is InChI=1S/C13H23N3O4/c1-15(7-12(18)14-10-2-3-10)13(19)8-16-4-5-20-11(6-16)9-17/h10-11,17H,2-9H2,1H3,(H,14,18). The van der Waals surface area contributed by atoms with Crippen LogP contribution in [0.15, 0.2) is 0 Å². The van der Waals surface area contributed by atoms with Crippen molar-refractivity contribution in [1.29, 1.82) is 0 Å². The highest BCUT2D eigenvalue weighted by Gasteiger charge is 2.26. The number of nitrogens with one attached hydrogen (secondary N) is 1. The topological polar surface area (TPSA) is 82.1 Å². The third-order valence-corrected chi connectivity index (χ3v) is 3.53. The number of aliphatic hydroxyl groups is 1. The second-order valence-electron chi connectivity index (χ2n) is 5.50. The van der Waals surface area contributed by atoms with Crippen LogP contribution in [0.25, 0.3) is 0 Å². The second kappa shape index (κ2) is 7.01. The number of rotatable bonds is 6. The third kappa shape index (κ3) is 4.73. The van der Waals surface area contributed by atoms with E-state index in [0.29, 0.717) is 25.7 Å². The van der Waals surface area contributed by atoms with Gasteiger partial charge in [0, 0.05) is 26.2 Å². The van der Waals surface area contributed by atoms with Gasteiger partial charge >= 0.3 is 0 Å². The normalized spacial score (nSPS) is 23.4. The van der Waals surface area contributed by atoms with Gasteiger partial charge in [0.25, 0.3) is 0 Å². The first kappa shape index (κ1) is 15.2. The Labute approximate surface area is 118 Å². The maximum absolute atomic E-state index is 12.0. The molecule has 2 fully saturated rings. The number of carbonyl (C=O) groups is 2. The van der Waals surface area contributed by atoms with Crippen LogP contribution < -0.4 is 5.32 Å². The molecule has 2 N–H and O–H groups in total. The number of ether oxygens (including phenoxy) is 1. The Kier molecular flexibility index (Phi) is 5.33. The molecular weight excluding hydrogens is 262 g/mol. The molecule has 0 aromatic heterocycles. The predicted octanol–water partition coefficient (Wildman–Crippen LogP) is -1.58. The summed E-state index contributed by atoms with van der Waals surface area (Å²) in [6.07, 6.45) is 1.86. The lowest BCUT2D eigenvalue weighted by molar-refractivity contribution is -0.137. The van der Waals surface area contributed by atoms with Crippen LogP contribution in [-0.2, 0) is 14.3 Å². The van der Waals surface area contributed by atoms with Gasteiger partial charge in [0.05, 0.1) is 32.4 Å². The van der Waals surface area contributed by atoms with E-state index in [1.165, 1.54) is 4.90 Å². The lowest BCUT2D eigenvalue weighted by Crippen LogP contribution is -2.49. The molecule has 2 rings (SSSR count). The number of hydrogen-bond acceptors (Lipinski definition) is 5. The number of likely N-dealkylation sites (N-methyl/N-ethyl adjacent to an activating group) is 1. The molecule has 1 heterocycles. The fourth-order valence-electron chi connectivity index (χ4n) is 2.15. The number of morpholine rings is 1. The number of amides is 2. The van der Waals surface area contributed by atoms with Crippen LogP contribution in [0.5, 0.6) is 0 Å². The molecule has 0 aromatic carbocycles. The monoisotopic (exact) mass is 285 g/mol.